The number of aryl methyl sites for hydroxylation is 1. The summed E-state index contributed by atoms with van der Waals surface area (Å²) < 4.78 is 65.7. The number of aromatic nitrogens is 1. The Morgan fingerprint density at radius 1 is 1.05 bits per heavy atom. The molecule has 2 aromatic carbocycles. The fourth-order valence-corrected chi connectivity index (χ4v) is 4.63. The van der Waals surface area contributed by atoms with E-state index in [4.69, 9.17) is 5.73 Å². The van der Waals surface area contributed by atoms with Crippen LogP contribution in [-0.2, 0) is 27.5 Å². The molecule has 2 amide bonds. The summed E-state index contributed by atoms with van der Waals surface area (Å²) >= 11 is 0. The Balaban J connectivity index is 1.79. The van der Waals surface area contributed by atoms with Crippen molar-refractivity contribution in [1.82, 2.24) is 9.88 Å². The summed E-state index contributed by atoms with van der Waals surface area (Å²) in [4.78, 5) is 36.9. The van der Waals surface area contributed by atoms with E-state index >= 15 is 0 Å². The van der Waals surface area contributed by atoms with Crippen LogP contribution in [-0.4, -0.2) is 37.6 Å². The van der Waals surface area contributed by atoms with Gasteiger partial charge in [0, 0.05) is 30.9 Å². The lowest BCUT2D eigenvalue weighted by molar-refractivity contribution is -0.137. The van der Waals surface area contributed by atoms with Gasteiger partial charge in [-0.2, -0.15) is 13.2 Å². The van der Waals surface area contributed by atoms with Crippen molar-refractivity contribution in [2.45, 2.75) is 26.1 Å². The van der Waals surface area contributed by atoms with E-state index in [-0.39, 0.29) is 30.8 Å². The van der Waals surface area contributed by atoms with Gasteiger partial charge in [0.05, 0.1) is 17.5 Å². The van der Waals surface area contributed by atoms with Crippen LogP contribution in [0.4, 0.5) is 18.9 Å². The van der Waals surface area contributed by atoms with E-state index in [1.165, 1.54) is 43.3 Å². The van der Waals surface area contributed by atoms with Crippen molar-refractivity contribution in [2.75, 3.05) is 17.1 Å². The minimum absolute atomic E-state index is 0.0177. The third kappa shape index (κ3) is 6.79. The van der Waals surface area contributed by atoms with Crippen molar-refractivity contribution in [2.24, 2.45) is 5.73 Å². The molecule has 0 bridgehead atoms. The summed E-state index contributed by atoms with van der Waals surface area (Å²) in [5, 5.41) is 2.58. The zero-order valence-corrected chi connectivity index (χ0v) is 21.3. The molecule has 38 heavy (non-hydrogen) atoms. The molecule has 13 heteroatoms. The SMILES string of the molecule is Cc1ccc(C(=O)NCc2ccc(N(CCC(N)=O)S(C)(=O)=O)cc2)c(=O)n1-c1cccc(C(F)(F)F)c1. The van der Waals surface area contributed by atoms with Gasteiger partial charge in [-0.15, -0.1) is 0 Å². The molecule has 0 fully saturated rings. The minimum atomic E-state index is -4.60. The number of sulfonamides is 1. The molecule has 1 aromatic heterocycles. The fourth-order valence-electron chi connectivity index (χ4n) is 3.70. The Hall–Kier alpha value is -4.13. The lowest BCUT2D eigenvalue weighted by Crippen LogP contribution is -2.33. The lowest BCUT2D eigenvalue weighted by atomic mass is 10.1. The van der Waals surface area contributed by atoms with Crippen molar-refractivity contribution in [3.8, 4) is 5.69 Å². The van der Waals surface area contributed by atoms with E-state index < -0.39 is 39.1 Å². The number of hydrogen-bond donors (Lipinski definition) is 2. The van der Waals surface area contributed by atoms with Gasteiger partial charge in [-0.25, -0.2) is 8.42 Å². The summed E-state index contributed by atoms with van der Waals surface area (Å²) in [5.41, 5.74) is 4.33. The highest BCUT2D eigenvalue weighted by atomic mass is 32.2. The molecule has 0 unspecified atom stereocenters. The van der Waals surface area contributed by atoms with Gasteiger partial charge in [-0.05, 0) is 55.0 Å². The lowest BCUT2D eigenvalue weighted by Gasteiger charge is -2.22. The summed E-state index contributed by atoms with van der Waals surface area (Å²) in [6.07, 6.45) is -3.77. The maximum atomic E-state index is 13.1. The van der Waals surface area contributed by atoms with Gasteiger partial charge in [0.1, 0.15) is 5.56 Å². The monoisotopic (exact) mass is 550 g/mol. The normalized spacial score (nSPS) is 11.7. The molecule has 0 radical (unpaired) electrons. The van der Waals surface area contributed by atoms with Crippen LogP contribution in [0, 0.1) is 6.92 Å². The maximum Gasteiger partial charge on any atom is 0.416 e. The summed E-state index contributed by atoms with van der Waals surface area (Å²) in [6.45, 7) is 1.39. The number of nitrogens with zero attached hydrogens (tertiary/aromatic N) is 2. The Bertz CT molecular complexity index is 1520. The molecule has 1 heterocycles. The Kier molecular flexibility index (Phi) is 8.30. The van der Waals surface area contributed by atoms with Crippen molar-refractivity contribution >= 4 is 27.5 Å². The number of nitrogens with two attached hydrogens (primary N) is 1. The second-order valence-corrected chi connectivity index (χ2v) is 10.4. The number of alkyl halides is 3. The van der Waals surface area contributed by atoms with E-state index in [9.17, 15) is 36.0 Å². The van der Waals surface area contributed by atoms with E-state index in [0.717, 1.165) is 27.3 Å². The highest BCUT2D eigenvalue weighted by Gasteiger charge is 2.30. The molecule has 0 aliphatic rings. The smallest absolute Gasteiger partial charge is 0.370 e. The number of primary amides is 1. The number of rotatable bonds is 9. The summed E-state index contributed by atoms with van der Waals surface area (Å²) in [7, 11) is -3.68. The molecule has 3 rings (SSSR count). The quantitative estimate of drug-likeness (QED) is 0.423. The molecular formula is C25H25F3N4O5S. The van der Waals surface area contributed by atoms with Crippen LogP contribution in [0.5, 0.6) is 0 Å². The third-order valence-electron chi connectivity index (χ3n) is 5.59. The van der Waals surface area contributed by atoms with Gasteiger partial charge in [0.25, 0.3) is 11.5 Å². The summed E-state index contributed by atoms with van der Waals surface area (Å²) in [6, 6.07) is 13.1. The first-order chi connectivity index (χ1) is 17.7. The van der Waals surface area contributed by atoms with Gasteiger partial charge < -0.3 is 11.1 Å². The molecule has 0 saturated heterocycles. The van der Waals surface area contributed by atoms with Crippen LogP contribution >= 0.6 is 0 Å². The van der Waals surface area contributed by atoms with E-state index in [1.54, 1.807) is 12.1 Å². The number of amides is 2. The average Bonchev–Trinajstić information content (AvgIpc) is 2.82. The average molecular weight is 551 g/mol. The third-order valence-corrected chi connectivity index (χ3v) is 6.79. The van der Waals surface area contributed by atoms with E-state index in [0.29, 0.717) is 16.9 Å². The Morgan fingerprint density at radius 2 is 1.71 bits per heavy atom. The predicted molar refractivity (Wildman–Crippen MR) is 135 cm³/mol. The molecule has 202 valence electrons. The van der Waals surface area contributed by atoms with Crippen LogP contribution in [0.2, 0.25) is 0 Å². The molecule has 0 aliphatic heterocycles. The van der Waals surface area contributed by atoms with Gasteiger partial charge >= 0.3 is 6.18 Å². The van der Waals surface area contributed by atoms with E-state index in [1.807, 2.05) is 0 Å². The first-order valence-electron chi connectivity index (χ1n) is 11.2. The van der Waals surface area contributed by atoms with Gasteiger partial charge in [0.15, 0.2) is 0 Å². The number of anilines is 1. The van der Waals surface area contributed by atoms with Crippen LogP contribution in [0.1, 0.15) is 33.6 Å². The Labute approximate surface area is 216 Å². The zero-order chi connectivity index (χ0) is 28.3. The predicted octanol–water partition coefficient (Wildman–Crippen LogP) is 2.74. The molecule has 0 spiro atoms. The number of nitrogens with one attached hydrogen (secondary N) is 1. The van der Waals surface area contributed by atoms with Gasteiger partial charge in [0.2, 0.25) is 15.9 Å². The Morgan fingerprint density at radius 3 is 2.29 bits per heavy atom. The molecule has 0 saturated carbocycles. The van der Waals surface area contributed by atoms with Crippen LogP contribution < -0.4 is 20.9 Å². The number of hydrogen-bond acceptors (Lipinski definition) is 5. The van der Waals surface area contributed by atoms with Crippen molar-refractivity contribution in [1.29, 1.82) is 0 Å². The van der Waals surface area contributed by atoms with E-state index in [2.05, 4.69) is 5.32 Å². The standard InChI is InChI=1S/C25H25F3N4O5S/c1-16-6-11-21(24(35)32(16)20-5-3-4-18(14-20)25(26,27)28)23(34)30-15-17-7-9-19(10-8-17)31(38(2,36)37)13-12-22(29)33/h3-11,14H,12-13,15H2,1-2H3,(H2,29,33)(H,30,34). The van der Waals surface area contributed by atoms with Gasteiger partial charge in [-0.3, -0.25) is 23.3 Å². The first-order valence-corrected chi connectivity index (χ1v) is 13.1. The number of benzene rings is 2. The van der Waals surface area contributed by atoms with Crippen molar-refractivity contribution < 1.29 is 31.2 Å². The largest absolute Gasteiger partial charge is 0.416 e. The molecule has 0 atom stereocenters. The highest BCUT2D eigenvalue weighted by molar-refractivity contribution is 7.92. The highest BCUT2D eigenvalue weighted by Crippen LogP contribution is 2.30. The number of pyridine rings is 1. The van der Waals surface area contributed by atoms with Crippen molar-refractivity contribution in [3.05, 3.63) is 93.4 Å². The molecule has 0 aliphatic carbocycles. The molecular weight excluding hydrogens is 525 g/mol. The second-order valence-electron chi connectivity index (χ2n) is 8.48. The van der Waals surface area contributed by atoms with Crippen LogP contribution in [0.3, 0.4) is 0 Å². The number of carbonyl (C=O) groups excluding carboxylic acids is 2. The topological polar surface area (TPSA) is 132 Å². The first kappa shape index (κ1) is 28.4. The molecule has 3 aromatic rings. The van der Waals surface area contributed by atoms with Crippen LogP contribution in [0.25, 0.3) is 5.69 Å². The minimum Gasteiger partial charge on any atom is -0.370 e. The van der Waals surface area contributed by atoms with Crippen LogP contribution in [0.15, 0.2) is 65.5 Å². The van der Waals surface area contributed by atoms with Crippen molar-refractivity contribution in [3.63, 3.8) is 0 Å². The number of halogens is 3. The second kappa shape index (κ2) is 11.1. The summed E-state index contributed by atoms with van der Waals surface area (Å²) in [5.74, 6) is -1.39. The molecule has 9 nitrogen and oxygen atoms in total. The van der Waals surface area contributed by atoms with Gasteiger partial charge in [-0.1, -0.05) is 18.2 Å². The maximum absolute atomic E-state index is 13.1. The zero-order valence-electron chi connectivity index (χ0n) is 20.4. The molecule has 3 N–H and O–H groups in total. The number of carbonyl (C=O) groups is 2. The fraction of sp³-hybridized carbons (Fsp3) is 0.240.